The molecule has 0 radical (unpaired) electrons. The van der Waals surface area contributed by atoms with E-state index < -0.39 is 5.60 Å². The summed E-state index contributed by atoms with van der Waals surface area (Å²) in [5.41, 5.74) is 2.97. The number of piperidine rings is 1. The van der Waals surface area contributed by atoms with Gasteiger partial charge in [0.25, 0.3) is 0 Å². The number of ether oxygens (including phenoxy) is 1. The van der Waals surface area contributed by atoms with Crippen molar-refractivity contribution in [2.45, 2.75) is 45.3 Å². The van der Waals surface area contributed by atoms with Gasteiger partial charge in [0.2, 0.25) is 0 Å². The van der Waals surface area contributed by atoms with Crippen LogP contribution in [0.15, 0.2) is 42.9 Å². The zero-order valence-corrected chi connectivity index (χ0v) is 16.5. The Bertz CT molecular complexity index is 992. The van der Waals surface area contributed by atoms with Crippen LogP contribution in [0.2, 0.25) is 0 Å². The third kappa shape index (κ3) is 3.98. The molecule has 1 aliphatic rings. The zero-order chi connectivity index (χ0) is 19.7. The van der Waals surface area contributed by atoms with Crippen LogP contribution < -0.4 is 0 Å². The van der Waals surface area contributed by atoms with E-state index in [2.05, 4.69) is 15.1 Å². The first-order chi connectivity index (χ1) is 13.4. The molecule has 1 saturated heterocycles. The summed E-state index contributed by atoms with van der Waals surface area (Å²) in [5.74, 6) is 0. The van der Waals surface area contributed by atoms with Gasteiger partial charge in [-0.3, -0.25) is 9.67 Å². The molecule has 2 aromatic heterocycles. The van der Waals surface area contributed by atoms with Gasteiger partial charge in [-0.25, -0.2) is 9.78 Å². The van der Waals surface area contributed by atoms with Crippen molar-refractivity contribution in [1.29, 1.82) is 0 Å². The second-order valence-corrected chi connectivity index (χ2v) is 8.18. The maximum absolute atomic E-state index is 12.4. The molecule has 0 bridgehead atoms. The van der Waals surface area contributed by atoms with Crippen molar-refractivity contribution in [2.75, 3.05) is 13.1 Å². The van der Waals surface area contributed by atoms with Crippen molar-refractivity contribution in [1.82, 2.24) is 24.6 Å². The van der Waals surface area contributed by atoms with E-state index in [1.54, 1.807) is 11.1 Å². The van der Waals surface area contributed by atoms with Crippen LogP contribution in [0.3, 0.4) is 0 Å². The first kappa shape index (κ1) is 18.4. The summed E-state index contributed by atoms with van der Waals surface area (Å²) in [6.45, 7) is 6.97. The molecule has 0 spiro atoms. The van der Waals surface area contributed by atoms with E-state index in [4.69, 9.17) is 4.74 Å². The minimum Gasteiger partial charge on any atom is -0.444 e. The molecule has 7 nitrogen and oxygen atoms in total. The Morgan fingerprint density at radius 1 is 1.18 bits per heavy atom. The molecule has 4 rings (SSSR count). The third-order valence-electron chi connectivity index (χ3n) is 4.77. The number of carbonyl (C=O) groups excluding carboxylic acids is 1. The SMILES string of the molecule is CC(C)(C)OC(=O)N1CCCC(n2cc(-c3cnc4ccccc4n3)cn2)C1. The number of para-hydroxylation sites is 2. The number of likely N-dealkylation sites (tertiary alicyclic amines) is 1. The van der Waals surface area contributed by atoms with Gasteiger partial charge in [0.05, 0.1) is 35.2 Å². The topological polar surface area (TPSA) is 73.1 Å². The Hall–Kier alpha value is -2.96. The quantitative estimate of drug-likeness (QED) is 0.671. The summed E-state index contributed by atoms with van der Waals surface area (Å²) in [5, 5.41) is 4.53. The van der Waals surface area contributed by atoms with Crippen molar-refractivity contribution in [3.8, 4) is 11.3 Å². The molecule has 1 atom stereocenters. The molecule has 1 aliphatic heterocycles. The van der Waals surface area contributed by atoms with E-state index in [0.29, 0.717) is 6.54 Å². The summed E-state index contributed by atoms with van der Waals surface area (Å²) in [7, 11) is 0. The predicted octanol–water partition coefficient (Wildman–Crippen LogP) is 4.07. The Kier molecular flexibility index (Phi) is 4.75. The molecular formula is C21H25N5O2. The van der Waals surface area contributed by atoms with Crippen LogP contribution in [0.5, 0.6) is 0 Å². The number of hydrogen-bond donors (Lipinski definition) is 0. The number of fused-ring (bicyclic) bond motifs is 1. The van der Waals surface area contributed by atoms with Crippen LogP contribution in [0.1, 0.15) is 39.7 Å². The Morgan fingerprint density at radius 2 is 1.96 bits per heavy atom. The highest BCUT2D eigenvalue weighted by Crippen LogP contribution is 2.25. The van der Waals surface area contributed by atoms with Gasteiger partial charge in [0, 0.05) is 24.8 Å². The molecule has 3 aromatic rings. The average molecular weight is 379 g/mol. The summed E-state index contributed by atoms with van der Waals surface area (Å²) in [4.78, 5) is 23.3. The van der Waals surface area contributed by atoms with E-state index in [1.165, 1.54) is 0 Å². The van der Waals surface area contributed by atoms with E-state index in [0.717, 1.165) is 41.7 Å². The molecule has 0 aliphatic carbocycles. The van der Waals surface area contributed by atoms with Gasteiger partial charge >= 0.3 is 6.09 Å². The maximum Gasteiger partial charge on any atom is 0.410 e. The van der Waals surface area contributed by atoms with Crippen molar-refractivity contribution >= 4 is 17.1 Å². The summed E-state index contributed by atoms with van der Waals surface area (Å²) >= 11 is 0. The minimum absolute atomic E-state index is 0.128. The molecule has 0 saturated carbocycles. The number of rotatable bonds is 2. The van der Waals surface area contributed by atoms with Crippen LogP contribution in [0, 0.1) is 0 Å². The lowest BCUT2D eigenvalue weighted by Crippen LogP contribution is -2.43. The van der Waals surface area contributed by atoms with Gasteiger partial charge in [0.1, 0.15) is 5.60 Å². The van der Waals surface area contributed by atoms with Crippen LogP contribution in [0.4, 0.5) is 4.79 Å². The number of aromatic nitrogens is 4. The van der Waals surface area contributed by atoms with Crippen LogP contribution in [0.25, 0.3) is 22.3 Å². The average Bonchev–Trinajstić information content (AvgIpc) is 3.17. The largest absolute Gasteiger partial charge is 0.444 e. The fraction of sp³-hybridized carbons (Fsp3) is 0.429. The fourth-order valence-corrected chi connectivity index (χ4v) is 3.43. The van der Waals surface area contributed by atoms with Gasteiger partial charge in [0.15, 0.2) is 0 Å². The third-order valence-corrected chi connectivity index (χ3v) is 4.77. The number of amides is 1. The number of nitrogens with zero attached hydrogens (tertiary/aromatic N) is 5. The minimum atomic E-state index is -0.488. The molecule has 3 heterocycles. The zero-order valence-electron chi connectivity index (χ0n) is 16.5. The van der Waals surface area contributed by atoms with Crippen LogP contribution in [-0.4, -0.2) is 49.4 Å². The smallest absolute Gasteiger partial charge is 0.410 e. The Balaban J connectivity index is 1.51. The van der Waals surface area contributed by atoms with E-state index in [1.807, 2.05) is 62.1 Å². The fourth-order valence-electron chi connectivity index (χ4n) is 3.43. The molecule has 146 valence electrons. The summed E-state index contributed by atoms with van der Waals surface area (Å²) in [6.07, 6.45) is 7.22. The molecule has 7 heteroatoms. The molecule has 1 fully saturated rings. The van der Waals surface area contributed by atoms with E-state index >= 15 is 0 Å². The second-order valence-electron chi connectivity index (χ2n) is 8.18. The first-order valence-electron chi connectivity index (χ1n) is 9.63. The van der Waals surface area contributed by atoms with Crippen molar-refractivity contribution in [2.24, 2.45) is 0 Å². The number of benzene rings is 1. The molecular weight excluding hydrogens is 354 g/mol. The monoisotopic (exact) mass is 379 g/mol. The Labute approximate surface area is 164 Å². The molecule has 0 N–H and O–H groups in total. The van der Waals surface area contributed by atoms with Crippen LogP contribution >= 0.6 is 0 Å². The highest BCUT2D eigenvalue weighted by atomic mass is 16.6. The van der Waals surface area contributed by atoms with Gasteiger partial charge in [-0.15, -0.1) is 0 Å². The maximum atomic E-state index is 12.4. The molecule has 28 heavy (non-hydrogen) atoms. The van der Waals surface area contributed by atoms with Gasteiger partial charge in [-0.05, 0) is 45.7 Å². The molecule has 1 unspecified atom stereocenters. The number of carbonyl (C=O) groups is 1. The van der Waals surface area contributed by atoms with Crippen molar-refractivity contribution in [3.63, 3.8) is 0 Å². The lowest BCUT2D eigenvalue weighted by Gasteiger charge is -2.34. The first-order valence-corrected chi connectivity index (χ1v) is 9.63. The summed E-state index contributed by atoms with van der Waals surface area (Å²) in [6, 6.07) is 7.94. The van der Waals surface area contributed by atoms with Crippen molar-refractivity contribution < 1.29 is 9.53 Å². The van der Waals surface area contributed by atoms with Crippen molar-refractivity contribution in [3.05, 3.63) is 42.9 Å². The Morgan fingerprint density at radius 3 is 2.75 bits per heavy atom. The van der Waals surface area contributed by atoms with Crippen LogP contribution in [-0.2, 0) is 4.74 Å². The second kappa shape index (κ2) is 7.22. The van der Waals surface area contributed by atoms with E-state index in [9.17, 15) is 4.79 Å². The number of hydrogen-bond acceptors (Lipinski definition) is 5. The van der Waals surface area contributed by atoms with Gasteiger partial charge in [-0.2, -0.15) is 5.10 Å². The highest BCUT2D eigenvalue weighted by molar-refractivity contribution is 5.76. The van der Waals surface area contributed by atoms with E-state index in [-0.39, 0.29) is 12.1 Å². The lowest BCUT2D eigenvalue weighted by molar-refractivity contribution is 0.0167. The summed E-state index contributed by atoms with van der Waals surface area (Å²) < 4.78 is 7.45. The normalized spacial score (nSPS) is 17.7. The molecule has 1 amide bonds. The predicted molar refractivity (Wildman–Crippen MR) is 107 cm³/mol. The molecule has 1 aromatic carbocycles. The highest BCUT2D eigenvalue weighted by Gasteiger charge is 2.28. The van der Waals surface area contributed by atoms with Gasteiger partial charge in [-0.1, -0.05) is 12.1 Å². The lowest BCUT2D eigenvalue weighted by atomic mass is 10.1. The standard InChI is InChI=1S/C21H25N5O2/c1-21(2,3)28-20(27)25-10-6-7-16(14-25)26-13-15(11-23-26)19-12-22-17-8-4-5-9-18(17)24-19/h4-5,8-9,11-13,16H,6-7,10,14H2,1-3H3. The van der Waals surface area contributed by atoms with Gasteiger partial charge < -0.3 is 9.64 Å².